The van der Waals surface area contributed by atoms with Gasteiger partial charge in [0.15, 0.2) is 25.4 Å². The van der Waals surface area contributed by atoms with Crippen molar-refractivity contribution in [1.82, 2.24) is 14.9 Å². The number of likely N-dealkylation sites (N-methyl/N-ethyl adjacent to an activating group) is 1. The number of halogens is 1. The first-order chi connectivity index (χ1) is 15.9. The lowest BCUT2D eigenvalue weighted by molar-refractivity contribution is 0.0769. The Morgan fingerprint density at radius 1 is 1.12 bits per heavy atom. The van der Waals surface area contributed by atoms with Gasteiger partial charge in [0.1, 0.15) is 22.0 Å². The molecule has 34 heavy (non-hydrogen) atoms. The van der Waals surface area contributed by atoms with Crippen molar-refractivity contribution in [2.75, 3.05) is 34.4 Å². The molecule has 10 heteroatoms. The molecule has 0 unspecified atom stereocenters. The molecular weight excluding hydrogens is 474 g/mol. The number of hydrogen-bond donors (Lipinski definition) is 0. The van der Waals surface area contributed by atoms with E-state index in [4.69, 9.17) is 29.9 Å². The number of hydrogen-bond acceptors (Lipinski definition) is 7. The van der Waals surface area contributed by atoms with Crippen LogP contribution in [0.1, 0.15) is 31.1 Å². The summed E-state index contributed by atoms with van der Waals surface area (Å²) in [6, 6.07) is 3.37. The molecule has 3 rings (SSSR count). The molecule has 0 aliphatic heterocycles. The third-order valence-corrected chi connectivity index (χ3v) is 11.2. The minimum absolute atomic E-state index is 0.115. The fourth-order valence-corrected chi connectivity index (χ4v) is 4.36. The quantitative estimate of drug-likeness (QED) is 0.365. The van der Waals surface area contributed by atoms with Crippen molar-refractivity contribution in [1.29, 1.82) is 0 Å². The highest BCUT2D eigenvalue weighted by Gasteiger charge is 2.37. The normalized spacial score (nSPS) is 12.1. The van der Waals surface area contributed by atoms with Gasteiger partial charge in [0.05, 0.1) is 32.6 Å². The number of ether oxygens (including phenoxy) is 2. The summed E-state index contributed by atoms with van der Waals surface area (Å²) in [6.45, 7) is 11.9. The van der Waals surface area contributed by atoms with Crippen molar-refractivity contribution in [3.63, 3.8) is 0 Å². The number of nitrogens with zero attached hydrogens (tertiary/aromatic N) is 3. The molecule has 0 bridgehead atoms. The molecule has 0 atom stereocenters. The summed E-state index contributed by atoms with van der Waals surface area (Å²) in [7, 11) is 2.90. The van der Waals surface area contributed by atoms with Crippen LogP contribution < -0.4 is 9.47 Å². The molecule has 8 nitrogen and oxygen atoms in total. The topological polar surface area (TPSA) is 86.9 Å². The van der Waals surface area contributed by atoms with Crippen LogP contribution in [0.15, 0.2) is 28.9 Å². The van der Waals surface area contributed by atoms with Gasteiger partial charge in [0.25, 0.3) is 5.91 Å². The minimum atomic E-state index is -1.87. The maximum absolute atomic E-state index is 13.0. The molecular formula is C24H32ClN3O5Si. The number of carbonyl (C=O) groups excluding carboxylic acids is 1. The molecule has 0 fully saturated rings. The maximum atomic E-state index is 13.0. The third kappa shape index (κ3) is 5.21. The Morgan fingerprint density at radius 3 is 2.41 bits per heavy atom. The lowest BCUT2D eigenvalue weighted by Gasteiger charge is -2.36. The van der Waals surface area contributed by atoms with Crippen LogP contribution in [-0.2, 0) is 4.43 Å². The highest BCUT2D eigenvalue weighted by Crippen LogP contribution is 2.38. The first kappa shape index (κ1) is 26.0. The number of pyridine rings is 2. The van der Waals surface area contributed by atoms with Gasteiger partial charge in [-0.2, -0.15) is 0 Å². The lowest BCUT2D eigenvalue weighted by Crippen LogP contribution is -2.43. The van der Waals surface area contributed by atoms with Gasteiger partial charge in [-0.3, -0.25) is 4.79 Å². The molecule has 0 aromatic carbocycles. The van der Waals surface area contributed by atoms with Gasteiger partial charge >= 0.3 is 0 Å². The number of rotatable bonds is 8. The summed E-state index contributed by atoms with van der Waals surface area (Å²) in [5.41, 5.74) is 1.80. The maximum Gasteiger partial charge on any atom is 0.255 e. The number of aromatic nitrogens is 2. The van der Waals surface area contributed by atoms with E-state index < -0.39 is 8.32 Å². The first-order valence-electron chi connectivity index (χ1n) is 11.0. The van der Waals surface area contributed by atoms with Crippen LogP contribution in [0.2, 0.25) is 23.2 Å². The fourth-order valence-electron chi connectivity index (χ4n) is 3.07. The van der Waals surface area contributed by atoms with E-state index in [1.807, 2.05) is 0 Å². The zero-order chi connectivity index (χ0) is 25.3. The van der Waals surface area contributed by atoms with Gasteiger partial charge in [0, 0.05) is 25.9 Å². The van der Waals surface area contributed by atoms with E-state index in [1.165, 1.54) is 26.6 Å². The number of furan rings is 1. The van der Waals surface area contributed by atoms with Crippen LogP contribution >= 0.6 is 11.6 Å². The predicted molar refractivity (Wildman–Crippen MR) is 135 cm³/mol. The van der Waals surface area contributed by atoms with Gasteiger partial charge in [0.2, 0.25) is 0 Å². The van der Waals surface area contributed by atoms with Crippen molar-refractivity contribution >= 4 is 36.9 Å². The molecule has 0 saturated heterocycles. The van der Waals surface area contributed by atoms with Crippen molar-refractivity contribution in [2.24, 2.45) is 0 Å². The lowest BCUT2D eigenvalue weighted by atomic mass is 10.2. The molecule has 1 amide bonds. The molecule has 3 aromatic rings. The standard InChI is InChI=1S/C24H32ClN3O5Si/c1-24(2,3)34(7,8)32-10-9-28(4)23(29)15-11-17(30-5)21(27-13-15)18-12-16-22(33-18)20(25)19(31-6)14-26-16/h11-14H,9-10H2,1-8H3. The molecule has 0 saturated carbocycles. The average Bonchev–Trinajstić information content (AvgIpc) is 3.22. The second kappa shape index (κ2) is 9.93. The van der Waals surface area contributed by atoms with Crippen LogP contribution in [0.5, 0.6) is 11.5 Å². The van der Waals surface area contributed by atoms with E-state index in [-0.39, 0.29) is 10.9 Å². The smallest absolute Gasteiger partial charge is 0.255 e. The average molecular weight is 506 g/mol. The van der Waals surface area contributed by atoms with Gasteiger partial charge in [-0.25, -0.2) is 9.97 Å². The number of carbonyl (C=O) groups is 1. The van der Waals surface area contributed by atoms with E-state index in [0.29, 0.717) is 57.8 Å². The predicted octanol–water partition coefficient (Wildman–Crippen LogP) is 5.65. The van der Waals surface area contributed by atoms with Crippen LogP contribution in [0, 0.1) is 0 Å². The Hall–Kier alpha value is -2.62. The highest BCUT2D eigenvalue weighted by atomic mass is 35.5. The van der Waals surface area contributed by atoms with E-state index in [9.17, 15) is 4.79 Å². The Kier molecular flexibility index (Phi) is 7.59. The van der Waals surface area contributed by atoms with Crippen molar-refractivity contribution in [3.05, 3.63) is 35.1 Å². The van der Waals surface area contributed by atoms with Crippen molar-refractivity contribution < 1.29 is 23.1 Å². The summed E-state index contributed by atoms with van der Waals surface area (Å²) >= 11 is 6.34. The van der Waals surface area contributed by atoms with E-state index in [1.54, 1.807) is 24.1 Å². The van der Waals surface area contributed by atoms with Crippen LogP contribution in [-0.4, -0.2) is 63.5 Å². The summed E-state index contributed by atoms with van der Waals surface area (Å²) in [5.74, 6) is 1.07. The molecule has 0 radical (unpaired) electrons. The largest absolute Gasteiger partial charge is 0.494 e. The van der Waals surface area contributed by atoms with E-state index in [2.05, 4.69) is 43.8 Å². The van der Waals surface area contributed by atoms with Gasteiger partial charge in [-0.1, -0.05) is 32.4 Å². The second-order valence-corrected chi connectivity index (χ2v) is 14.8. The Labute approximate surface area is 206 Å². The minimum Gasteiger partial charge on any atom is -0.494 e. The monoisotopic (exact) mass is 505 g/mol. The molecule has 3 aromatic heterocycles. The fraction of sp³-hybridized carbons (Fsp3) is 0.458. The molecule has 0 aliphatic rings. The van der Waals surface area contributed by atoms with Crippen molar-refractivity contribution in [2.45, 2.75) is 38.9 Å². The van der Waals surface area contributed by atoms with Gasteiger partial charge in [-0.15, -0.1) is 0 Å². The molecule has 3 heterocycles. The van der Waals surface area contributed by atoms with Gasteiger partial charge < -0.3 is 23.2 Å². The van der Waals surface area contributed by atoms with Crippen LogP contribution in [0.25, 0.3) is 22.6 Å². The summed E-state index contributed by atoms with van der Waals surface area (Å²) in [5, 5.41) is 0.440. The van der Waals surface area contributed by atoms with E-state index in [0.717, 1.165) is 0 Å². The Balaban J connectivity index is 1.79. The number of amides is 1. The SMILES string of the molecule is COc1cc(C(=O)N(C)CCO[Si](C)(C)C(C)(C)C)cnc1-c1cc2ncc(OC)c(Cl)c2o1. The first-order valence-corrected chi connectivity index (χ1v) is 14.2. The van der Waals surface area contributed by atoms with Gasteiger partial charge in [-0.05, 0) is 24.2 Å². The Bertz CT molecular complexity index is 1190. The van der Waals surface area contributed by atoms with Crippen LogP contribution in [0.3, 0.4) is 0 Å². The van der Waals surface area contributed by atoms with E-state index >= 15 is 0 Å². The highest BCUT2D eigenvalue weighted by molar-refractivity contribution is 6.74. The molecule has 0 spiro atoms. The molecule has 184 valence electrons. The molecule has 0 aliphatic carbocycles. The Morgan fingerprint density at radius 2 is 1.79 bits per heavy atom. The third-order valence-electron chi connectivity index (χ3n) is 6.26. The number of methoxy groups -OCH3 is 2. The summed E-state index contributed by atoms with van der Waals surface area (Å²) in [4.78, 5) is 23.4. The number of fused-ring (bicyclic) bond motifs is 1. The van der Waals surface area contributed by atoms with Crippen LogP contribution in [0.4, 0.5) is 0 Å². The zero-order valence-electron chi connectivity index (χ0n) is 21.0. The molecule has 0 N–H and O–H groups in total. The summed E-state index contributed by atoms with van der Waals surface area (Å²) < 4.78 is 22.8. The second-order valence-electron chi connectivity index (χ2n) is 9.58. The zero-order valence-corrected chi connectivity index (χ0v) is 22.7. The van der Waals surface area contributed by atoms with Crippen molar-refractivity contribution in [3.8, 4) is 23.0 Å². The summed E-state index contributed by atoms with van der Waals surface area (Å²) in [6.07, 6.45) is 3.04.